The van der Waals surface area contributed by atoms with Crippen LogP contribution in [0.2, 0.25) is 0 Å². The van der Waals surface area contributed by atoms with E-state index in [1.165, 1.54) is 151 Å². The standard InChI is InChI=1S/C64H41BN2S2/c1-36-21-25-40(26-22-36)67-61-45(28-29-46-43-16-8-12-20-57(43)69-63(46)61)49-33-47(39-23-27-42-41-15-7-10-18-51(41)64(2,3)52(42)32-39)59-50-31-38(37-13-5-4-6-14-37)24-30-54(50)66-55-34-48-44-17-9-11-19-56(44)68-58(48)35-53(55)65(67)60(49)62(59)66/h4-35H,1-3H3. The van der Waals surface area contributed by atoms with Crippen molar-refractivity contribution in [1.29, 1.82) is 0 Å². The van der Waals surface area contributed by atoms with Crippen LogP contribution in [0.5, 0.6) is 0 Å². The molecule has 0 bridgehead atoms. The fourth-order valence-electron chi connectivity index (χ4n) is 12.9. The van der Waals surface area contributed by atoms with Gasteiger partial charge in [0.2, 0.25) is 0 Å². The van der Waals surface area contributed by atoms with Gasteiger partial charge in [0, 0.05) is 68.8 Å². The number of fused-ring (bicyclic) bond motifs is 18. The van der Waals surface area contributed by atoms with Gasteiger partial charge in [-0.2, -0.15) is 0 Å². The number of rotatable bonds is 3. The van der Waals surface area contributed by atoms with Crippen LogP contribution in [-0.4, -0.2) is 11.4 Å². The van der Waals surface area contributed by atoms with Crippen molar-refractivity contribution in [2.75, 3.05) is 4.81 Å². The Labute approximate surface area is 408 Å². The zero-order chi connectivity index (χ0) is 45.4. The predicted molar refractivity (Wildman–Crippen MR) is 299 cm³/mol. The van der Waals surface area contributed by atoms with Crippen LogP contribution in [0, 0.1) is 6.92 Å². The third-order valence-corrected chi connectivity index (χ3v) is 18.4. The minimum atomic E-state index is -0.137. The SMILES string of the molecule is Cc1ccc(N2B3c4cc5sc6ccccc6c5cc4-n4c5ccc(-c6ccccc6)cc5c5c(-c6ccc7c(c6)C(C)(C)c6ccccc6-7)cc(c3c54)-c3ccc4c(sc5ccccc54)c32)cc1. The summed E-state index contributed by atoms with van der Waals surface area (Å²) in [5.41, 5.74) is 23.2. The lowest BCUT2D eigenvalue weighted by atomic mass is 9.43. The Hall–Kier alpha value is -7.70. The van der Waals surface area contributed by atoms with Crippen LogP contribution in [-0.2, 0) is 5.41 Å². The van der Waals surface area contributed by atoms with Gasteiger partial charge in [0.15, 0.2) is 0 Å². The lowest BCUT2D eigenvalue weighted by molar-refractivity contribution is 0.660. The quantitative estimate of drug-likeness (QED) is 0.160. The molecule has 2 aliphatic heterocycles. The van der Waals surface area contributed by atoms with Gasteiger partial charge >= 0.3 is 6.85 Å². The normalized spacial score (nSPS) is 14.1. The van der Waals surface area contributed by atoms with Crippen LogP contribution in [0.4, 0.5) is 11.4 Å². The molecule has 0 fully saturated rings. The van der Waals surface area contributed by atoms with Crippen molar-refractivity contribution in [3.8, 4) is 50.2 Å². The number of aromatic nitrogens is 1. The summed E-state index contributed by atoms with van der Waals surface area (Å²) in [5, 5.41) is 7.86. The first-order valence-corrected chi connectivity index (χ1v) is 25.7. The van der Waals surface area contributed by atoms with Crippen molar-refractivity contribution in [3.05, 3.63) is 211 Å². The molecule has 322 valence electrons. The van der Waals surface area contributed by atoms with Crippen LogP contribution in [0.3, 0.4) is 0 Å². The maximum atomic E-state index is 2.73. The Kier molecular flexibility index (Phi) is 7.50. The second kappa shape index (κ2) is 13.5. The molecule has 0 spiro atoms. The molecule has 3 aromatic heterocycles. The van der Waals surface area contributed by atoms with E-state index in [2.05, 4.69) is 224 Å². The summed E-state index contributed by atoms with van der Waals surface area (Å²) in [6, 6.07) is 74.4. The summed E-state index contributed by atoms with van der Waals surface area (Å²) in [6.07, 6.45) is 0. The molecule has 13 aromatic rings. The molecule has 0 amide bonds. The van der Waals surface area contributed by atoms with Gasteiger partial charge in [-0.3, -0.25) is 0 Å². The van der Waals surface area contributed by atoms with E-state index in [4.69, 9.17) is 0 Å². The summed E-state index contributed by atoms with van der Waals surface area (Å²) in [6.45, 7) is 6.91. The van der Waals surface area contributed by atoms with E-state index in [9.17, 15) is 0 Å². The van der Waals surface area contributed by atoms with Gasteiger partial charge in [0.1, 0.15) is 0 Å². The van der Waals surface area contributed by atoms with Crippen molar-refractivity contribution < 1.29 is 0 Å². The Balaban J connectivity index is 1.11. The topological polar surface area (TPSA) is 8.17 Å². The molecule has 1 aliphatic carbocycles. The highest BCUT2D eigenvalue weighted by atomic mass is 32.1. The molecule has 3 aliphatic rings. The van der Waals surface area contributed by atoms with Crippen LogP contribution in [0.1, 0.15) is 30.5 Å². The molecule has 0 radical (unpaired) electrons. The molecule has 0 saturated carbocycles. The molecule has 69 heavy (non-hydrogen) atoms. The molecular weight excluding hydrogens is 872 g/mol. The van der Waals surface area contributed by atoms with Crippen LogP contribution >= 0.6 is 22.7 Å². The number of hydrogen-bond acceptors (Lipinski definition) is 3. The third kappa shape index (κ3) is 5.01. The number of nitrogens with zero attached hydrogens (tertiary/aromatic N) is 2. The van der Waals surface area contributed by atoms with E-state index < -0.39 is 0 Å². The highest BCUT2D eigenvalue weighted by Crippen LogP contribution is 2.55. The minimum Gasteiger partial charge on any atom is -0.375 e. The molecule has 0 unspecified atom stereocenters. The molecule has 2 nitrogen and oxygen atoms in total. The van der Waals surface area contributed by atoms with E-state index in [1.54, 1.807) is 0 Å². The smallest absolute Gasteiger partial charge is 0.333 e. The Morgan fingerprint density at radius 1 is 0.464 bits per heavy atom. The zero-order valence-corrected chi connectivity index (χ0v) is 39.9. The van der Waals surface area contributed by atoms with Crippen LogP contribution in [0.15, 0.2) is 194 Å². The molecule has 10 aromatic carbocycles. The molecule has 0 saturated heterocycles. The number of anilines is 2. The Morgan fingerprint density at radius 2 is 1.17 bits per heavy atom. The monoisotopic (exact) mass is 912 g/mol. The van der Waals surface area contributed by atoms with Gasteiger partial charge in [0.25, 0.3) is 0 Å². The largest absolute Gasteiger partial charge is 0.375 e. The summed E-state index contributed by atoms with van der Waals surface area (Å²) >= 11 is 3.85. The van der Waals surface area contributed by atoms with Crippen molar-refractivity contribution in [3.63, 3.8) is 0 Å². The summed E-state index contributed by atoms with van der Waals surface area (Å²) in [4.78, 5) is 2.73. The second-order valence-electron chi connectivity index (χ2n) is 20.0. The summed E-state index contributed by atoms with van der Waals surface area (Å²) in [5.74, 6) is 0. The maximum absolute atomic E-state index is 2.73. The first-order valence-electron chi connectivity index (χ1n) is 24.1. The second-order valence-corrected chi connectivity index (χ2v) is 22.2. The third-order valence-electron chi connectivity index (χ3n) is 16.0. The average molecular weight is 913 g/mol. The van der Waals surface area contributed by atoms with Gasteiger partial charge in [0.05, 0.1) is 21.4 Å². The van der Waals surface area contributed by atoms with Crippen LogP contribution < -0.4 is 15.7 Å². The average Bonchev–Trinajstić information content (AvgIpc) is 4.12. The predicted octanol–water partition coefficient (Wildman–Crippen LogP) is 16.7. The van der Waals surface area contributed by atoms with Crippen molar-refractivity contribution in [1.82, 2.24) is 4.57 Å². The molecule has 0 atom stereocenters. The minimum absolute atomic E-state index is 0.106. The van der Waals surface area contributed by atoms with Gasteiger partial charge in [-0.05, 0) is 129 Å². The van der Waals surface area contributed by atoms with E-state index in [1.807, 2.05) is 22.7 Å². The van der Waals surface area contributed by atoms with Gasteiger partial charge in [-0.1, -0.05) is 153 Å². The molecule has 0 N–H and O–H groups in total. The fourth-order valence-corrected chi connectivity index (χ4v) is 15.2. The van der Waals surface area contributed by atoms with Gasteiger partial charge in [-0.15, -0.1) is 22.7 Å². The molecule has 5 heterocycles. The van der Waals surface area contributed by atoms with E-state index in [0.29, 0.717) is 0 Å². The van der Waals surface area contributed by atoms with E-state index in [-0.39, 0.29) is 12.3 Å². The number of benzene rings is 10. The van der Waals surface area contributed by atoms with E-state index in [0.717, 1.165) is 0 Å². The Bertz CT molecular complexity index is 4420. The van der Waals surface area contributed by atoms with Gasteiger partial charge < -0.3 is 9.38 Å². The van der Waals surface area contributed by atoms with Gasteiger partial charge in [-0.25, -0.2) is 0 Å². The molecule has 16 rings (SSSR count). The number of aryl methyl sites for hydroxylation is 1. The fraction of sp³-hybridized carbons (Fsp3) is 0.0625. The first-order chi connectivity index (χ1) is 33.9. The highest BCUT2D eigenvalue weighted by Gasteiger charge is 2.46. The lowest BCUT2D eigenvalue weighted by Gasteiger charge is -2.42. The summed E-state index contributed by atoms with van der Waals surface area (Å²) in [7, 11) is 0. The van der Waals surface area contributed by atoms with Crippen molar-refractivity contribution in [2.24, 2.45) is 0 Å². The first kappa shape index (κ1) is 38.3. The van der Waals surface area contributed by atoms with E-state index >= 15 is 0 Å². The Morgan fingerprint density at radius 3 is 2.01 bits per heavy atom. The van der Waals surface area contributed by atoms with Crippen molar-refractivity contribution in [2.45, 2.75) is 26.2 Å². The lowest BCUT2D eigenvalue weighted by Crippen LogP contribution is -2.60. The number of hydrogen-bond donors (Lipinski definition) is 0. The number of thiophene rings is 2. The zero-order valence-electron chi connectivity index (χ0n) is 38.3. The molecular formula is C64H41BN2S2. The highest BCUT2D eigenvalue weighted by molar-refractivity contribution is 7.27. The van der Waals surface area contributed by atoms with Crippen LogP contribution in [0.25, 0.3) is 112 Å². The van der Waals surface area contributed by atoms with Crippen molar-refractivity contribution >= 4 is 114 Å². The molecule has 5 heteroatoms. The maximum Gasteiger partial charge on any atom is 0.333 e. The summed E-state index contributed by atoms with van der Waals surface area (Å²) < 4.78 is 7.97.